The standard InChI is InChI=1S/C19H31N3O2/c1-13(2)18-12-21(9-7-17-14(3)20-24-15(17)4)10-8-19(23)22(18)11-16-5-6-16/h13,16,18H,5-12H2,1-4H3. The molecule has 134 valence electrons. The number of aromatic nitrogens is 1. The van der Waals surface area contributed by atoms with Gasteiger partial charge in [-0.3, -0.25) is 4.79 Å². The highest BCUT2D eigenvalue weighted by Crippen LogP contribution is 2.32. The number of nitrogens with zero attached hydrogens (tertiary/aromatic N) is 3. The Morgan fingerprint density at radius 2 is 2.04 bits per heavy atom. The van der Waals surface area contributed by atoms with E-state index < -0.39 is 0 Å². The molecule has 5 heteroatoms. The van der Waals surface area contributed by atoms with Gasteiger partial charge in [0.15, 0.2) is 0 Å². The predicted molar refractivity (Wildman–Crippen MR) is 93.8 cm³/mol. The Labute approximate surface area is 145 Å². The maximum absolute atomic E-state index is 12.7. The molecule has 0 radical (unpaired) electrons. The quantitative estimate of drug-likeness (QED) is 0.803. The Morgan fingerprint density at radius 1 is 1.29 bits per heavy atom. The van der Waals surface area contributed by atoms with Crippen molar-refractivity contribution in [1.29, 1.82) is 0 Å². The summed E-state index contributed by atoms with van der Waals surface area (Å²) >= 11 is 0. The Balaban J connectivity index is 1.65. The van der Waals surface area contributed by atoms with Gasteiger partial charge in [0.25, 0.3) is 0 Å². The number of hydrogen-bond donors (Lipinski definition) is 0. The van der Waals surface area contributed by atoms with Crippen molar-refractivity contribution in [3.63, 3.8) is 0 Å². The fourth-order valence-corrected chi connectivity index (χ4v) is 3.76. The summed E-state index contributed by atoms with van der Waals surface area (Å²) < 4.78 is 5.27. The molecule has 1 unspecified atom stereocenters. The molecule has 0 aromatic carbocycles. The van der Waals surface area contributed by atoms with Crippen LogP contribution in [0.4, 0.5) is 0 Å². The summed E-state index contributed by atoms with van der Waals surface area (Å²) in [5.74, 6) is 2.52. The van der Waals surface area contributed by atoms with E-state index in [9.17, 15) is 4.79 Å². The van der Waals surface area contributed by atoms with Gasteiger partial charge in [-0.05, 0) is 44.9 Å². The first-order valence-electron chi connectivity index (χ1n) is 9.39. The summed E-state index contributed by atoms with van der Waals surface area (Å²) in [5, 5.41) is 4.05. The third-order valence-electron chi connectivity index (χ3n) is 5.59. The van der Waals surface area contributed by atoms with Crippen LogP contribution in [0.5, 0.6) is 0 Å². The van der Waals surface area contributed by atoms with Crippen molar-refractivity contribution in [3.8, 4) is 0 Å². The molecule has 1 aliphatic carbocycles. The highest BCUT2D eigenvalue weighted by molar-refractivity contribution is 5.77. The van der Waals surface area contributed by atoms with E-state index in [1.54, 1.807) is 0 Å². The van der Waals surface area contributed by atoms with E-state index in [2.05, 4.69) is 28.8 Å². The van der Waals surface area contributed by atoms with Gasteiger partial charge < -0.3 is 14.3 Å². The maximum atomic E-state index is 12.7. The third-order valence-corrected chi connectivity index (χ3v) is 5.59. The van der Waals surface area contributed by atoms with E-state index in [4.69, 9.17) is 4.52 Å². The molecule has 0 spiro atoms. The van der Waals surface area contributed by atoms with Crippen LogP contribution < -0.4 is 0 Å². The topological polar surface area (TPSA) is 49.6 Å². The molecular formula is C19H31N3O2. The molecule has 1 amide bonds. The van der Waals surface area contributed by atoms with E-state index in [1.807, 2.05) is 13.8 Å². The van der Waals surface area contributed by atoms with Crippen LogP contribution in [0.15, 0.2) is 4.52 Å². The first-order valence-corrected chi connectivity index (χ1v) is 9.39. The highest BCUT2D eigenvalue weighted by atomic mass is 16.5. The zero-order valence-corrected chi connectivity index (χ0v) is 15.5. The average molecular weight is 333 g/mol. The molecule has 3 rings (SSSR count). The molecule has 1 aromatic heterocycles. The number of aryl methyl sites for hydroxylation is 2. The Hall–Kier alpha value is -1.36. The summed E-state index contributed by atoms with van der Waals surface area (Å²) in [6, 6.07) is 0.338. The number of amides is 1. The number of rotatable bonds is 6. The average Bonchev–Trinajstić information content (AvgIpc) is 3.32. The molecule has 1 saturated carbocycles. The van der Waals surface area contributed by atoms with Crippen molar-refractivity contribution in [3.05, 3.63) is 17.0 Å². The molecule has 1 atom stereocenters. The van der Waals surface area contributed by atoms with Crippen molar-refractivity contribution in [2.75, 3.05) is 26.2 Å². The van der Waals surface area contributed by atoms with Crippen LogP contribution in [0.25, 0.3) is 0 Å². The number of carbonyl (C=O) groups is 1. The molecule has 2 aliphatic rings. The third kappa shape index (κ3) is 4.00. The smallest absolute Gasteiger partial charge is 0.224 e. The van der Waals surface area contributed by atoms with Crippen LogP contribution in [0.1, 0.15) is 50.1 Å². The number of hydrogen-bond acceptors (Lipinski definition) is 4. The molecular weight excluding hydrogens is 302 g/mol. The summed E-state index contributed by atoms with van der Waals surface area (Å²) in [7, 11) is 0. The van der Waals surface area contributed by atoms with Crippen LogP contribution in [0.2, 0.25) is 0 Å². The monoisotopic (exact) mass is 333 g/mol. The first kappa shape index (κ1) is 17.5. The summed E-state index contributed by atoms with van der Waals surface area (Å²) in [4.78, 5) is 17.3. The second kappa shape index (κ2) is 7.26. The minimum absolute atomic E-state index is 0.338. The van der Waals surface area contributed by atoms with Crippen molar-refractivity contribution in [1.82, 2.24) is 15.0 Å². The summed E-state index contributed by atoms with van der Waals surface area (Å²) in [6.07, 6.45) is 4.19. The second-order valence-electron chi connectivity index (χ2n) is 7.90. The van der Waals surface area contributed by atoms with Crippen LogP contribution in [0, 0.1) is 25.7 Å². The summed E-state index contributed by atoms with van der Waals surface area (Å²) in [6.45, 7) is 12.3. The minimum Gasteiger partial charge on any atom is -0.361 e. The Bertz CT molecular complexity index is 558. The SMILES string of the molecule is Cc1noc(C)c1CCN1CCC(=O)N(CC2CC2)C(C(C)C)C1. The van der Waals surface area contributed by atoms with Gasteiger partial charge in [-0.2, -0.15) is 0 Å². The lowest BCUT2D eigenvalue weighted by molar-refractivity contribution is -0.133. The molecule has 0 bridgehead atoms. The first-order chi connectivity index (χ1) is 11.5. The van der Waals surface area contributed by atoms with E-state index >= 15 is 0 Å². The molecule has 0 N–H and O–H groups in total. The predicted octanol–water partition coefficient (Wildman–Crippen LogP) is 2.80. The van der Waals surface area contributed by atoms with Crippen molar-refractivity contribution < 1.29 is 9.32 Å². The Morgan fingerprint density at radius 3 is 2.62 bits per heavy atom. The normalized spacial score (nSPS) is 23.1. The van der Waals surface area contributed by atoms with E-state index in [0.717, 1.165) is 50.0 Å². The molecule has 2 fully saturated rings. The highest BCUT2D eigenvalue weighted by Gasteiger charge is 2.35. The van der Waals surface area contributed by atoms with Crippen LogP contribution in [0.3, 0.4) is 0 Å². The van der Waals surface area contributed by atoms with Gasteiger partial charge in [-0.1, -0.05) is 19.0 Å². The zero-order chi connectivity index (χ0) is 17.3. The summed E-state index contributed by atoms with van der Waals surface area (Å²) in [5.41, 5.74) is 2.22. The van der Waals surface area contributed by atoms with Crippen molar-refractivity contribution >= 4 is 5.91 Å². The van der Waals surface area contributed by atoms with E-state index in [-0.39, 0.29) is 0 Å². The van der Waals surface area contributed by atoms with Gasteiger partial charge in [0, 0.05) is 44.2 Å². The lowest BCUT2D eigenvalue weighted by atomic mass is 10.0. The lowest BCUT2D eigenvalue weighted by Crippen LogP contribution is -2.47. The fraction of sp³-hybridized carbons (Fsp3) is 0.789. The van der Waals surface area contributed by atoms with Gasteiger partial charge in [-0.15, -0.1) is 0 Å². The van der Waals surface area contributed by atoms with Gasteiger partial charge in [-0.25, -0.2) is 0 Å². The Kier molecular flexibility index (Phi) is 5.28. The van der Waals surface area contributed by atoms with Gasteiger partial charge in [0.05, 0.1) is 5.69 Å². The van der Waals surface area contributed by atoms with Crippen LogP contribution in [-0.2, 0) is 11.2 Å². The molecule has 1 saturated heterocycles. The van der Waals surface area contributed by atoms with Gasteiger partial charge >= 0.3 is 0 Å². The molecule has 2 heterocycles. The van der Waals surface area contributed by atoms with E-state index in [0.29, 0.717) is 24.3 Å². The zero-order valence-electron chi connectivity index (χ0n) is 15.5. The van der Waals surface area contributed by atoms with Gasteiger partial charge in [0.2, 0.25) is 5.91 Å². The van der Waals surface area contributed by atoms with Crippen LogP contribution in [-0.4, -0.2) is 53.1 Å². The van der Waals surface area contributed by atoms with Crippen molar-refractivity contribution in [2.45, 2.75) is 59.4 Å². The number of carbonyl (C=O) groups excluding carboxylic acids is 1. The maximum Gasteiger partial charge on any atom is 0.224 e. The fourth-order valence-electron chi connectivity index (χ4n) is 3.76. The second-order valence-corrected chi connectivity index (χ2v) is 7.90. The molecule has 24 heavy (non-hydrogen) atoms. The van der Waals surface area contributed by atoms with Gasteiger partial charge in [0.1, 0.15) is 5.76 Å². The van der Waals surface area contributed by atoms with E-state index in [1.165, 1.54) is 18.4 Å². The minimum atomic E-state index is 0.338. The van der Waals surface area contributed by atoms with Crippen LogP contribution >= 0.6 is 0 Å². The largest absolute Gasteiger partial charge is 0.361 e. The molecule has 1 aliphatic heterocycles. The molecule has 1 aromatic rings. The molecule has 5 nitrogen and oxygen atoms in total. The van der Waals surface area contributed by atoms with Crippen molar-refractivity contribution in [2.24, 2.45) is 11.8 Å². The lowest BCUT2D eigenvalue weighted by Gasteiger charge is -2.35.